The van der Waals surface area contributed by atoms with E-state index in [2.05, 4.69) is 66.9 Å². The summed E-state index contributed by atoms with van der Waals surface area (Å²) in [5.74, 6) is 0.571. The highest BCUT2D eigenvalue weighted by Gasteiger charge is 2.17. The van der Waals surface area contributed by atoms with Crippen molar-refractivity contribution in [2.75, 3.05) is 45.9 Å². The van der Waals surface area contributed by atoms with Crippen molar-refractivity contribution < 1.29 is 39.8 Å². The highest BCUT2D eigenvalue weighted by molar-refractivity contribution is 5.86. The molecule has 1 heterocycles. The Morgan fingerprint density at radius 2 is 1.81 bits per heavy atom. The minimum atomic E-state index is 0. The second kappa shape index (κ2) is 13.1. The van der Waals surface area contributed by atoms with Crippen LogP contribution in [-0.2, 0) is 4.74 Å². The third kappa shape index (κ3) is 7.10. The Hall–Kier alpha value is -1.10. The van der Waals surface area contributed by atoms with Crippen LogP contribution in [0.15, 0.2) is 54.6 Å². The molecule has 2 aromatic carbocycles. The Balaban J connectivity index is 0.00000182. The lowest BCUT2D eigenvalue weighted by Gasteiger charge is -2.23. The zero-order valence-electron chi connectivity index (χ0n) is 16.2. The highest BCUT2D eigenvalue weighted by atomic mass is 35.5. The number of ether oxygens (including phenoxy) is 1. The maximum atomic E-state index is 5.45. The first-order valence-corrected chi connectivity index (χ1v) is 9.70. The number of hydrogen-bond acceptors (Lipinski definition) is 1. The number of nitrogens with two attached hydrogens (primary N) is 1. The van der Waals surface area contributed by atoms with Gasteiger partial charge in [0.05, 0.1) is 19.8 Å². The molecule has 0 spiro atoms. The lowest BCUT2D eigenvalue weighted by atomic mass is 9.90. The average molecular weight is 411 g/mol. The van der Waals surface area contributed by atoms with Crippen molar-refractivity contribution in [2.24, 2.45) is 0 Å². The van der Waals surface area contributed by atoms with E-state index in [0.29, 0.717) is 5.92 Å². The van der Waals surface area contributed by atoms with E-state index in [0.717, 1.165) is 26.2 Å². The molecule has 0 aromatic heterocycles. The smallest absolute Gasteiger partial charge is 0.127 e. The molecule has 0 bridgehead atoms. The number of nitrogens with one attached hydrogen (secondary N) is 1. The van der Waals surface area contributed by atoms with E-state index in [-0.39, 0.29) is 24.8 Å². The number of fused-ring (bicyclic) bond motifs is 1. The van der Waals surface area contributed by atoms with Crippen molar-refractivity contribution in [3.8, 4) is 0 Å². The Bertz CT molecular complexity index is 682. The molecule has 1 unspecified atom stereocenters. The molecule has 2 aromatic rings. The van der Waals surface area contributed by atoms with E-state index in [1.54, 1.807) is 4.90 Å². The van der Waals surface area contributed by atoms with Crippen LogP contribution >= 0.6 is 0 Å². The first-order chi connectivity index (χ1) is 12.4. The van der Waals surface area contributed by atoms with Crippen LogP contribution in [0.3, 0.4) is 0 Å². The molecule has 1 saturated heterocycles. The number of benzene rings is 2. The molecule has 0 aliphatic carbocycles. The molecule has 0 radical (unpaired) electrons. The fraction of sp³-hybridized carbons (Fsp3) is 0.455. The quantitative estimate of drug-likeness (QED) is 0.332. The Kier molecular flexibility index (Phi) is 11.7. The molecule has 5 heteroatoms. The molecule has 1 fully saturated rings. The zero-order chi connectivity index (χ0) is 17.3. The van der Waals surface area contributed by atoms with Gasteiger partial charge in [0.1, 0.15) is 26.2 Å². The topological polar surface area (TPSA) is 30.3 Å². The van der Waals surface area contributed by atoms with E-state index >= 15 is 0 Å². The van der Waals surface area contributed by atoms with Crippen molar-refractivity contribution in [2.45, 2.75) is 19.3 Å². The normalized spacial score (nSPS) is 16.0. The van der Waals surface area contributed by atoms with Gasteiger partial charge in [-0.05, 0) is 29.7 Å². The monoisotopic (exact) mass is 410 g/mol. The molecular weight excluding hydrogens is 379 g/mol. The van der Waals surface area contributed by atoms with Crippen molar-refractivity contribution >= 4 is 10.8 Å². The fourth-order valence-electron chi connectivity index (χ4n) is 3.79. The van der Waals surface area contributed by atoms with Crippen LogP contribution in [0.4, 0.5) is 0 Å². The number of halogens is 2. The molecule has 1 atom stereocenters. The van der Waals surface area contributed by atoms with Gasteiger partial charge in [-0.25, -0.2) is 0 Å². The predicted molar refractivity (Wildman–Crippen MR) is 104 cm³/mol. The van der Waals surface area contributed by atoms with Gasteiger partial charge in [0.15, 0.2) is 0 Å². The molecule has 3 rings (SSSR count). The Morgan fingerprint density at radius 1 is 1.07 bits per heavy atom. The lowest BCUT2D eigenvalue weighted by Crippen LogP contribution is -3.16. The van der Waals surface area contributed by atoms with Crippen LogP contribution < -0.4 is 35.0 Å². The summed E-state index contributed by atoms with van der Waals surface area (Å²) in [4.78, 5) is 1.69. The lowest BCUT2D eigenvalue weighted by molar-refractivity contribution is -0.919. The first-order valence-electron chi connectivity index (χ1n) is 9.70. The summed E-state index contributed by atoms with van der Waals surface area (Å²) in [6, 6.07) is 15.5. The molecule has 0 saturated carbocycles. The number of allylic oxidation sites excluding steroid dienone is 2. The van der Waals surface area contributed by atoms with E-state index < -0.39 is 0 Å². The maximum Gasteiger partial charge on any atom is 0.127 e. The highest BCUT2D eigenvalue weighted by Crippen LogP contribution is 2.27. The van der Waals surface area contributed by atoms with Gasteiger partial charge < -0.3 is 39.8 Å². The van der Waals surface area contributed by atoms with E-state index in [1.807, 2.05) is 0 Å². The van der Waals surface area contributed by atoms with Crippen molar-refractivity contribution in [3.63, 3.8) is 0 Å². The SMILES string of the molecule is C/C=C/CC(C[NH2+]CC[NH+]1CCOCC1)c1cccc2ccccc12.[Cl-].[Cl-]. The van der Waals surface area contributed by atoms with Crippen LogP contribution in [0.1, 0.15) is 24.8 Å². The van der Waals surface area contributed by atoms with Crippen LogP contribution in [-0.4, -0.2) is 45.9 Å². The van der Waals surface area contributed by atoms with E-state index in [9.17, 15) is 0 Å². The van der Waals surface area contributed by atoms with Crippen LogP contribution in [0, 0.1) is 0 Å². The minimum Gasteiger partial charge on any atom is -1.00 e. The van der Waals surface area contributed by atoms with Gasteiger partial charge in [-0.1, -0.05) is 54.6 Å². The average Bonchev–Trinajstić information content (AvgIpc) is 2.68. The van der Waals surface area contributed by atoms with Gasteiger partial charge in [0.25, 0.3) is 0 Å². The fourth-order valence-corrected chi connectivity index (χ4v) is 3.79. The molecular formula is C22H32Cl2N2O. The number of rotatable bonds is 8. The van der Waals surface area contributed by atoms with Crippen LogP contribution in [0.2, 0.25) is 0 Å². The second-order valence-electron chi connectivity index (χ2n) is 7.00. The summed E-state index contributed by atoms with van der Waals surface area (Å²) in [5, 5.41) is 5.27. The summed E-state index contributed by atoms with van der Waals surface area (Å²) in [6.45, 7) is 9.90. The summed E-state index contributed by atoms with van der Waals surface area (Å²) < 4.78 is 5.45. The summed E-state index contributed by atoms with van der Waals surface area (Å²) >= 11 is 0. The summed E-state index contributed by atoms with van der Waals surface area (Å²) in [7, 11) is 0. The molecule has 27 heavy (non-hydrogen) atoms. The Morgan fingerprint density at radius 3 is 2.59 bits per heavy atom. The van der Waals surface area contributed by atoms with Gasteiger partial charge in [-0.3, -0.25) is 0 Å². The third-order valence-corrected chi connectivity index (χ3v) is 5.27. The summed E-state index contributed by atoms with van der Waals surface area (Å²) in [6.07, 6.45) is 5.61. The molecule has 3 N–H and O–H groups in total. The van der Waals surface area contributed by atoms with Gasteiger partial charge in [0, 0.05) is 5.92 Å². The zero-order valence-corrected chi connectivity index (χ0v) is 17.7. The number of morpholine rings is 1. The maximum absolute atomic E-state index is 5.45. The van der Waals surface area contributed by atoms with Gasteiger partial charge in [-0.15, -0.1) is 0 Å². The van der Waals surface area contributed by atoms with Crippen molar-refractivity contribution in [1.29, 1.82) is 0 Å². The number of quaternary nitrogens is 2. The molecule has 1 aliphatic rings. The molecule has 3 nitrogen and oxygen atoms in total. The Labute approximate surface area is 176 Å². The van der Waals surface area contributed by atoms with Gasteiger partial charge >= 0.3 is 0 Å². The predicted octanol–water partition coefficient (Wildman–Crippen LogP) is -4.62. The standard InChI is InChI=1S/C22H30N2O.2ClH/c1-2-3-7-20(18-23-12-13-24-14-16-25-17-15-24)22-11-6-9-19-8-4-5-10-21(19)22;;/h2-6,8-11,20,23H,7,12-18H2,1H3;2*1H/b3-2+;;. The minimum absolute atomic E-state index is 0. The van der Waals surface area contributed by atoms with Gasteiger partial charge in [0.2, 0.25) is 0 Å². The third-order valence-electron chi connectivity index (χ3n) is 5.27. The van der Waals surface area contributed by atoms with Crippen molar-refractivity contribution in [3.05, 3.63) is 60.2 Å². The number of hydrogen-bond donors (Lipinski definition) is 2. The second-order valence-corrected chi connectivity index (χ2v) is 7.00. The van der Waals surface area contributed by atoms with E-state index in [4.69, 9.17) is 4.74 Å². The summed E-state index contributed by atoms with van der Waals surface area (Å²) in [5.41, 5.74) is 1.49. The van der Waals surface area contributed by atoms with Gasteiger partial charge in [-0.2, -0.15) is 0 Å². The van der Waals surface area contributed by atoms with E-state index in [1.165, 1.54) is 42.5 Å². The van der Waals surface area contributed by atoms with Crippen LogP contribution in [0.25, 0.3) is 10.8 Å². The molecule has 150 valence electrons. The largest absolute Gasteiger partial charge is 1.00 e. The molecule has 1 aliphatic heterocycles. The first kappa shape index (κ1) is 23.9. The van der Waals surface area contributed by atoms with Crippen molar-refractivity contribution in [1.82, 2.24) is 0 Å². The molecule has 0 amide bonds. The van der Waals surface area contributed by atoms with Crippen LogP contribution in [0.5, 0.6) is 0 Å².